The van der Waals surface area contributed by atoms with Gasteiger partial charge in [0.1, 0.15) is 12.6 Å². The number of carbonyl (C=O) groups is 2. The molecule has 0 heterocycles. The van der Waals surface area contributed by atoms with Crippen molar-refractivity contribution in [2.75, 3.05) is 0 Å². The van der Waals surface area contributed by atoms with E-state index < -0.39 is 0 Å². The highest BCUT2D eigenvalue weighted by atomic mass is 16.1. The third-order valence-corrected chi connectivity index (χ3v) is 7.82. The normalized spacial score (nSPS) is 13.1. The molecular formula is C32H62O2. The van der Waals surface area contributed by atoms with Gasteiger partial charge in [0.25, 0.3) is 0 Å². The minimum absolute atomic E-state index is 0.539. The molecule has 0 aromatic carbocycles. The summed E-state index contributed by atoms with van der Waals surface area (Å²) >= 11 is 0. The first-order valence-electron chi connectivity index (χ1n) is 15.7. The van der Waals surface area contributed by atoms with E-state index in [0.29, 0.717) is 18.3 Å². The zero-order valence-corrected chi connectivity index (χ0v) is 23.5. The van der Waals surface area contributed by atoms with E-state index in [9.17, 15) is 9.59 Å². The van der Waals surface area contributed by atoms with Crippen molar-refractivity contribution in [2.45, 2.75) is 181 Å². The summed E-state index contributed by atoms with van der Waals surface area (Å²) in [5.41, 5.74) is 0. The maximum absolute atomic E-state index is 11.4. The highest BCUT2D eigenvalue weighted by Crippen LogP contribution is 2.31. The van der Waals surface area contributed by atoms with Gasteiger partial charge in [0, 0.05) is 12.8 Å². The Morgan fingerprint density at radius 3 is 1.15 bits per heavy atom. The molecule has 0 aliphatic carbocycles. The Labute approximate surface area is 214 Å². The first-order valence-corrected chi connectivity index (χ1v) is 15.7. The molecule has 0 bridgehead atoms. The van der Waals surface area contributed by atoms with Crippen LogP contribution in [0.4, 0.5) is 0 Å². The molecule has 0 radical (unpaired) electrons. The molecule has 0 spiro atoms. The van der Waals surface area contributed by atoms with Gasteiger partial charge in [-0.25, -0.2) is 0 Å². The van der Waals surface area contributed by atoms with Crippen molar-refractivity contribution < 1.29 is 9.59 Å². The fourth-order valence-electron chi connectivity index (χ4n) is 5.54. The summed E-state index contributed by atoms with van der Waals surface area (Å²) in [7, 11) is 0. The van der Waals surface area contributed by atoms with Crippen molar-refractivity contribution in [3.8, 4) is 0 Å². The molecular weight excluding hydrogens is 416 g/mol. The summed E-state index contributed by atoms with van der Waals surface area (Å²) in [6, 6.07) is 0. The van der Waals surface area contributed by atoms with Crippen LogP contribution in [-0.4, -0.2) is 12.6 Å². The highest BCUT2D eigenvalue weighted by molar-refractivity contribution is 5.50. The summed E-state index contributed by atoms with van der Waals surface area (Å²) < 4.78 is 0. The van der Waals surface area contributed by atoms with Gasteiger partial charge in [0.15, 0.2) is 0 Å². The van der Waals surface area contributed by atoms with Crippen molar-refractivity contribution in [1.29, 1.82) is 0 Å². The average Bonchev–Trinajstić information content (AvgIpc) is 2.84. The molecule has 0 aromatic rings. The minimum Gasteiger partial charge on any atom is -0.303 e. The average molecular weight is 479 g/mol. The second kappa shape index (κ2) is 28.6. The maximum atomic E-state index is 11.4. The molecule has 0 aliphatic heterocycles. The number of rotatable bonds is 29. The first kappa shape index (κ1) is 33.3. The van der Waals surface area contributed by atoms with Crippen molar-refractivity contribution in [1.82, 2.24) is 0 Å². The summed E-state index contributed by atoms with van der Waals surface area (Å²) in [4.78, 5) is 22.3. The lowest BCUT2D eigenvalue weighted by Crippen LogP contribution is -2.16. The number of hydrogen-bond donors (Lipinski definition) is 0. The lowest BCUT2D eigenvalue weighted by atomic mass is 9.79. The molecule has 0 amide bonds. The monoisotopic (exact) mass is 478 g/mol. The molecule has 0 saturated carbocycles. The molecule has 0 saturated heterocycles. The zero-order chi connectivity index (χ0) is 25.0. The van der Waals surface area contributed by atoms with Crippen LogP contribution in [0.5, 0.6) is 0 Å². The van der Waals surface area contributed by atoms with Gasteiger partial charge in [-0.05, 0) is 31.1 Å². The van der Waals surface area contributed by atoms with Crippen molar-refractivity contribution >= 4 is 12.6 Å². The van der Waals surface area contributed by atoms with E-state index >= 15 is 0 Å². The Kier molecular flexibility index (Phi) is 28.0. The third kappa shape index (κ3) is 23.1. The second-order valence-electron chi connectivity index (χ2n) is 11.0. The molecule has 0 fully saturated rings. The standard InChI is InChI=1S/C32H62O2/c1-3-5-7-9-11-13-14-16-18-20-22-26-32(28-30-34)31(27-23-24-29-33)25-21-19-17-15-12-10-8-6-4-2/h29-32H,3-28H2,1-2H3. The van der Waals surface area contributed by atoms with Crippen molar-refractivity contribution in [2.24, 2.45) is 11.8 Å². The van der Waals surface area contributed by atoms with Gasteiger partial charge in [-0.3, -0.25) is 0 Å². The van der Waals surface area contributed by atoms with Crippen LogP contribution in [0.25, 0.3) is 0 Å². The lowest BCUT2D eigenvalue weighted by molar-refractivity contribution is -0.109. The van der Waals surface area contributed by atoms with Crippen LogP contribution in [0.2, 0.25) is 0 Å². The number of carbonyl (C=O) groups excluding carboxylic acids is 2. The summed E-state index contributed by atoms with van der Waals surface area (Å²) in [5, 5.41) is 0. The van der Waals surface area contributed by atoms with E-state index in [0.717, 1.165) is 31.8 Å². The largest absolute Gasteiger partial charge is 0.303 e. The predicted molar refractivity (Wildman–Crippen MR) is 150 cm³/mol. The zero-order valence-electron chi connectivity index (χ0n) is 23.5. The fourth-order valence-corrected chi connectivity index (χ4v) is 5.54. The van der Waals surface area contributed by atoms with E-state index in [-0.39, 0.29) is 0 Å². The molecule has 0 aliphatic rings. The van der Waals surface area contributed by atoms with Crippen LogP contribution in [0, 0.1) is 11.8 Å². The molecule has 2 heteroatoms. The summed E-state index contributed by atoms with van der Waals surface area (Å²) in [6.07, 6.45) is 35.7. The van der Waals surface area contributed by atoms with Crippen LogP contribution in [0.1, 0.15) is 181 Å². The van der Waals surface area contributed by atoms with Crippen LogP contribution < -0.4 is 0 Å². The molecule has 202 valence electrons. The van der Waals surface area contributed by atoms with E-state index in [1.54, 1.807) is 0 Å². The van der Waals surface area contributed by atoms with Crippen molar-refractivity contribution in [3.05, 3.63) is 0 Å². The SMILES string of the molecule is CCCCCCCCCCCCCC(CC=O)C(CCCC=O)CCCCCCCCCCC. The number of aldehydes is 2. The lowest BCUT2D eigenvalue weighted by Gasteiger charge is -2.26. The summed E-state index contributed by atoms with van der Waals surface area (Å²) in [5.74, 6) is 1.18. The molecule has 2 atom stereocenters. The van der Waals surface area contributed by atoms with Gasteiger partial charge < -0.3 is 9.59 Å². The first-order chi connectivity index (χ1) is 16.8. The Bertz CT molecular complexity index is 406. The van der Waals surface area contributed by atoms with Gasteiger partial charge in [-0.15, -0.1) is 0 Å². The Balaban J connectivity index is 4.10. The van der Waals surface area contributed by atoms with Crippen LogP contribution in [0.15, 0.2) is 0 Å². The maximum Gasteiger partial charge on any atom is 0.120 e. The van der Waals surface area contributed by atoms with Gasteiger partial charge in [-0.2, -0.15) is 0 Å². The molecule has 0 rings (SSSR count). The smallest absolute Gasteiger partial charge is 0.120 e. The predicted octanol–water partition coefficient (Wildman–Crippen LogP) is 10.8. The van der Waals surface area contributed by atoms with Gasteiger partial charge >= 0.3 is 0 Å². The second-order valence-corrected chi connectivity index (χ2v) is 11.0. The fraction of sp³-hybridized carbons (Fsp3) is 0.938. The Morgan fingerprint density at radius 1 is 0.412 bits per heavy atom. The van der Waals surface area contributed by atoms with E-state index in [1.807, 2.05) is 0 Å². The van der Waals surface area contributed by atoms with Gasteiger partial charge in [-0.1, -0.05) is 149 Å². The van der Waals surface area contributed by atoms with E-state index in [2.05, 4.69) is 13.8 Å². The summed E-state index contributed by atoms with van der Waals surface area (Å²) in [6.45, 7) is 4.56. The number of unbranched alkanes of at least 4 members (excludes halogenated alkanes) is 19. The quantitative estimate of drug-likeness (QED) is 0.0791. The molecule has 0 aromatic heterocycles. The van der Waals surface area contributed by atoms with Crippen LogP contribution in [-0.2, 0) is 9.59 Å². The topological polar surface area (TPSA) is 34.1 Å². The third-order valence-electron chi connectivity index (χ3n) is 7.82. The van der Waals surface area contributed by atoms with Crippen molar-refractivity contribution in [3.63, 3.8) is 0 Å². The Hall–Kier alpha value is -0.660. The minimum atomic E-state index is 0.539. The molecule has 34 heavy (non-hydrogen) atoms. The molecule has 0 N–H and O–H groups in total. The highest BCUT2D eigenvalue weighted by Gasteiger charge is 2.20. The molecule has 2 nitrogen and oxygen atoms in total. The van der Waals surface area contributed by atoms with Crippen LogP contribution in [0.3, 0.4) is 0 Å². The van der Waals surface area contributed by atoms with Crippen LogP contribution >= 0.6 is 0 Å². The van der Waals surface area contributed by atoms with Gasteiger partial charge in [0.2, 0.25) is 0 Å². The Morgan fingerprint density at radius 2 is 0.765 bits per heavy atom. The van der Waals surface area contributed by atoms with E-state index in [1.165, 1.54) is 141 Å². The van der Waals surface area contributed by atoms with Gasteiger partial charge in [0.05, 0.1) is 0 Å². The number of hydrogen-bond acceptors (Lipinski definition) is 2. The molecule has 2 unspecified atom stereocenters. The van der Waals surface area contributed by atoms with E-state index in [4.69, 9.17) is 0 Å².